The smallest absolute Gasteiger partial charge is 0.123 e. The molecule has 4 heteroatoms. The van der Waals surface area contributed by atoms with E-state index >= 15 is 0 Å². The van der Waals surface area contributed by atoms with Crippen molar-refractivity contribution in [3.05, 3.63) is 59.9 Å². The molecule has 1 unspecified atom stereocenters. The van der Waals surface area contributed by atoms with Crippen LogP contribution in [0.5, 0.6) is 5.75 Å². The maximum Gasteiger partial charge on any atom is 0.123 e. The molecule has 2 aromatic rings. The van der Waals surface area contributed by atoms with Crippen molar-refractivity contribution < 1.29 is 14.2 Å². The van der Waals surface area contributed by atoms with E-state index in [9.17, 15) is 9.50 Å². The predicted octanol–water partition coefficient (Wildman–Crippen LogP) is 3.37. The van der Waals surface area contributed by atoms with Crippen molar-refractivity contribution in [1.29, 1.82) is 0 Å². The zero-order valence-electron chi connectivity index (χ0n) is 11.3. The first-order valence-corrected chi connectivity index (χ1v) is 6.58. The summed E-state index contributed by atoms with van der Waals surface area (Å²) in [6.07, 6.45) is 0. The highest BCUT2D eigenvalue weighted by atomic mass is 19.1. The molecule has 2 rings (SSSR count). The first kappa shape index (κ1) is 14.3. The number of rotatable bonds is 6. The third kappa shape index (κ3) is 3.71. The van der Waals surface area contributed by atoms with Crippen LogP contribution in [0.15, 0.2) is 48.5 Å². The Morgan fingerprint density at radius 2 is 1.95 bits per heavy atom. The number of aliphatic hydroxyl groups is 1. The van der Waals surface area contributed by atoms with Gasteiger partial charge < -0.3 is 15.2 Å². The Kier molecular flexibility index (Phi) is 4.96. The minimum Gasteiger partial charge on any atom is -0.494 e. The molecule has 106 valence electrons. The van der Waals surface area contributed by atoms with Crippen LogP contribution in [-0.2, 0) is 0 Å². The van der Waals surface area contributed by atoms with Gasteiger partial charge in [0.05, 0.1) is 19.3 Å². The highest BCUT2D eigenvalue weighted by molar-refractivity contribution is 5.46. The number of anilines is 1. The second-order valence-corrected chi connectivity index (χ2v) is 4.39. The molecule has 2 N–H and O–H groups in total. The molecule has 0 bridgehead atoms. The Hall–Kier alpha value is -2.07. The number of nitrogens with one attached hydrogen (secondary N) is 1. The molecule has 0 aromatic heterocycles. The molecule has 20 heavy (non-hydrogen) atoms. The summed E-state index contributed by atoms with van der Waals surface area (Å²) in [5.41, 5.74) is 1.68. The fraction of sp³-hybridized carbons (Fsp3) is 0.250. The third-order valence-electron chi connectivity index (χ3n) is 2.94. The lowest BCUT2D eigenvalue weighted by Gasteiger charge is -2.19. The number of aliphatic hydroxyl groups excluding tert-OH is 1. The van der Waals surface area contributed by atoms with Crippen molar-refractivity contribution in [2.75, 3.05) is 18.5 Å². The highest BCUT2D eigenvalue weighted by Crippen LogP contribution is 2.23. The van der Waals surface area contributed by atoms with Gasteiger partial charge in [0, 0.05) is 5.69 Å². The van der Waals surface area contributed by atoms with Crippen LogP contribution in [0.3, 0.4) is 0 Å². The summed E-state index contributed by atoms with van der Waals surface area (Å²) in [5.74, 6) is 0.485. The van der Waals surface area contributed by atoms with Gasteiger partial charge in [0.1, 0.15) is 11.6 Å². The van der Waals surface area contributed by atoms with E-state index in [1.807, 2.05) is 31.2 Å². The van der Waals surface area contributed by atoms with Crippen molar-refractivity contribution in [2.24, 2.45) is 0 Å². The van der Waals surface area contributed by atoms with Crippen molar-refractivity contribution >= 4 is 5.69 Å². The van der Waals surface area contributed by atoms with Gasteiger partial charge in [0.2, 0.25) is 0 Å². The van der Waals surface area contributed by atoms with Gasteiger partial charge in [0.15, 0.2) is 0 Å². The van der Waals surface area contributed by atoms with E-state index in [1.54, 1.807) is 12.1 Å². The van der Waals surface area contributed by atoms with Crippen LogP contribution in [0.1, 0.15) is 18.5 Å². The molecular formula is C16H18FNO2. The molecule has 0 heterocycles. The topological polar surface area (TPSA) is 41.5 Å². The zero-order chi connectivity index (χ0) is 14.4. The first-order chi connectivity index (χ1) is 9.72. The van der Waals surface area contributed by atoms with Gasteiger partial charge in [-0.3, -0.25) is 0 Å². The van der Waals surface area contributed by atoms with Crippen molar-refractivity contribution in [3.63, 3.8) is 0 Å². The first-order valence-electron chi connectivity index (χ1n) is 6.58. The van der Waals surface area contributed by atoms with Crippen LogP contribution in [0.4, 0.5) is 10.1 Å². The maximum atomic E-state index is 12.9. The standard InChI is InChI=1S/C16H18FNO2/c1-2-20-15-5-3-4-12(10-15)16(11-19)18-14-8-6-13(17)7-9-14/h3-10,16,18-19H,2,11H2,1H3. The zero-order valence-corrected chi connectivity index (χ0v) is 11.3. The van der Waals surface area contributed by atoms with Gasteiger partial charge in [-0.1, -0.05) is 12.1 Å². The molecule has 1 atom stereocenters. The van der Waals surface area contributed by atoms with Gasteiger partial charge in [0.25, 0.3) is 0 Å². The molecule has 0 aliphatic carbocycles. The summed E-state index contributed by atoms with van der Waals surface area (Å²) >= 11 is 0. The van der Waals surface area contributed by atoms with Gasteiger partial charge in [-0.25, -0.2) is 4.39 Å². The van der Waals surface area contributed by atoms with Crippen molar-refractivity contribution in [1.82, 2.24) is 0 Å². The minimum atomic E-state index is -0.283. The number of halogens is 1. The lowest BCUT2D eigenvalue weighted by Crippen LogP contribution is -2.14. The molecule has 0 spiro atoms. The van der Waals surface area contributed by atoms with Crippen LogP contribution in [-0.4, -0.2) is 18.3 Å². The largest absolute Gasteiger partial charge is 0.494 e. The van der Waals surface area contributed by atoms with Gasteiger partial charge in [-0.2, -0.15) is 0 Å². The van der Waals surface area contributed by atoms with E-state index in [0.717, 1.165) is 17.0 Å². The molecule has 0 aliphatic rings. The minimum absolute atomic E-state index is 0.0625. The molecule has 0 radical (unpaired) electrons. The van der Waals surface area contributed by atoms with E-state index < -0.39 is 0 Å². The van der Waals surface area contributed by atoms with Crippen LogP contribution in [0.25, 0.3) is 0 Å². The molecule has 0 fully saturated rings. The van der Waals surface area contributed by atoms with Gasteiger partial charge >= 0.3 is 0 Å². The van der Waals surface area contributed by atoms with Gasteiger partial charge in [-0.15, -0.1) is 0 Å². The summed E-state index contributed by atoms with van der Waals surface area (Å²) in [4.78, 5) is 0. The summed E-state index contributed by atoms with van der Waals surface area (Å²) in [7, 11) is 0. The van der Waals surface area contributed by atoms with E-state index in [2.05, 4.69) is 5.32 Å². The van der Waals surface area contributed by atoms with Crippen LogP contribution < -0.4 is 10.1 Å². The van der Waals surface area contributed by atoms with E-state index in [1.165, 1.54) is 12.1 Å². The average Bonchev–Trinajstić information content (AvgIpc) is 2.47. The summed E-state index contributed by atoms with van der Waals surface area (Å²) in [6, 6.07) is 13.4. The average molecular weight is 275 g/mol. The summed E-state index contributed by atoms with van der Waals surface area (Å²) in [6.45, 7) is 2.46. The van der Waals surface area contributed by atoms with Crippen LogP contribution in [0.2, 0.25) is 0 Å². The summed E-state index contributed by atoms with van der Waals surface area (Å²) < 4.78 is 18.3. The quantitative estimate of drug-likeness (QED) is 0.849. The monoisotopic (exact) mass is 275 g/mol. The lowest BCUT2D eigenvalue weighted by molar-refractivity contribution is 0.275. The number of hydrogen-bond donors (Lipinski definition) is 2. The van der Waals surface area contributed by atoms with E-state index in [-0.39, 0.29) is 18.5 Å². The third-order valence-corrected chi connectivity index (χ3v) is 2.94. The SMILES string of the molecule is CCOc1cccc(C(CO)Nc2ccc(F)cc2)c1. The Bertz CT molecular complexity index is 542. The Balaban J connectivity index is 2.15. The molecular weight excluding hydrogens is 257 g/mol. The van der Waals surface area contributed by atoms with Crippen LogP contribution in [0, 0.1) is 5.82 Å². The molecule has 3 nitrogen and oxygen atoms in total. The molecule has 0 saturated carbocycles. The Morgan fingerprint density at radius 3 is 2.60 bits per heavy atom. The van der Waals surface area contributed by atoms with Crippen molar-refractivity contribution in [2.45, 2.75) is 13.0 Å². The lowest BCUT2D eigenvalue weighted by atomic mass is 10.1. The Labute approximate surface area is 118 Å². The van der Waals surface area contributed by atoms with Crippen LogP contribution >= 0.6 is 0 Å². The Morgan fingerprint density at radius 1 is 1.20 bits per heavy atom. The predicted molar refractivity (Wildman–Crippen MR) is 77.5 cm³/mol. The highest BCUT2D eigenvalue weighted by Gasteiger charge is 2.11. The number of ether oxygens (including phenoxy) is 1. The summed E-state index contributed by atoms with van der Waals surface area (Å²) in [5, 5.41) is 12.7. The van der Waals surface area contributed by atoms with E-state index in [0.29, 0.717) is 6.61 Å². The molecule has 0 aliphatic heterocycles. The molecule has 0 saturated heterocycles. The molecule has 0 amide bonds. The molecule has 2 aromatic carbocycles. The fourth-order valence-corrected chi connectivity index (χ4v) is 1.97. The number of benzene rings is 2. The maximum absolute atomic E-state index is 12.9. The number of hydrogen-bond acceptors (Lipinski definition) is 3. The van der Waals surface area contributed by atoms with Crippen molar-refractivity contribution in [3.8, 4) is 5.75 Å². The van der Waals surface area contributed by atoms with Gasteiger partial charge in [-0.05, 0) is 48.9 Å². The normalized spacial score (nSPS) is 11.9. The second-order valence-electron chi connectivity index (χ2n) is 4.39. The van der Waals surface area contributed by atoms with E-state index in [4.69, 9.17) is 4.74 Å². The fourth-order valence-electron chi connectivity index (χ4n) is 1.97. The second kappa shape index (κ2) is 6.91.